The second-order valence-electron chi connectivity index (χ2n) is 6.44. The zero-order chi connectivity index (χ0) is 18.5. The van der Waals surface area contributed by atoms with E-state index in [1.54, 1.807) is 36.8 Å². The summed E-state index contributed by atoms with van der Waals surface area (Å²) >= 11 is 0. The molecule has 1 fully saturated rings. The maximum Gasteiger partial charge on any atom is 0.251 e. The normalized spacial score (nSPS) is 13.7. The molecular weight excluding hydrogens is 342 g/mol. The highest BCUT2D eigenvalue weighted by atomic mass is 16.1. The zero-order valence-electron chi connectivity index (χ0n) is 14.9. The Kier molecular flexibility index (Phi) is 5.04. The van der Waals surface area contributed by atoms with Gasteiger partial charge in [0.25, 0.3) is 5.91 Å². The van der Waals surface area contributed by atoms with E-state index in [0.29, 0.717) is 24.2 Å². The Labute approximate surface area is 157 Å². The monoisotopic (exact) mass is 363 g/mol. The van der Waals surface area contributed by atoms with Crippen molar-refractivity contribution in [1.82, 2.24) is 25.5 Å². The van der Waals surface area contributed by atoms with Crippen molar-refractivity contribution in [3.8, 4) is 0 Å². The molecule has 0 atom stereocenters. The summed E-state index contributed by atoms with van der Waals surface area (Å²) in [5.74, 6) is 0.580. The van der Waals surface area contributed by atoms with Crippen molar-refractivity contribution in [2.75, 3.05) is 36.4 Å². The predicted molar refractivity (Wildman–Crippen MR) is 104 cm³/mol. The number of hydrogen-bond donors (Lipinski definition) is 2. The maximum absolute atomic E-state index is 12.3. The Hall–Kier alpha value is -3.29. The van der Waals surface area contributed by atoms with Crippen LogP contribution in [0.4, 0.5) is 11.5 Å². The van der Waals surface area contributed by atoms with Crippen LogP contribution in [0.1, 0.15) is 23.2 Å². The molecule has 4 rings (SSSR count). The first kappa shape index (κ1) is 17.1. The van der Waals surface area contributed by atoms with Crippen molar-refractivity contribution in [3.05, 3.63) is 48.4 Å². The lowest BCUT2D eigenvalue weighted by atomic mass is 10.2. The fourth-order valence-corrected chi connectivity index (χ4v) is 3.16. The highest BCUT2D eigenvalue weighted by molar-refractivity contribution is 5.97. The van der Waals surface area contributed by atoms with Crippen LogP contribution >= 0.6 is 0 Å². The third-order valence-corrected chi connectivity index (χ3v) is 4.56. The molecule has 3 heterocycles. The number of aromatic nitrogens is 4. The summed E-state index contributed by atoms with van der Waals surface area (Å²) in [5.41, 5.74) is 3.13. The SMILES string of the molecule is O=C(NCCNc1cc(N2CCCC2)cnn1)c1ccc2nccnc2c1. The number of rotatable bonds is 6. The molecule has 1 saturated heterocycles. The van der Waals surface area contributed by atoms with Crippen LogP contribution in [0.15, 0.2) is 42.9 Å². The van der Waals surface area contributed by atoms with Crippen molar-refractivity contribution in [2.24, 2.45) is 0 Å². The lowest BCUT2D eigenvalue weighted by Gasteiger charge is -2.17. The molecule has 0 radical (unpaired) electrons. The summed E-state index contributed by atoms with van der Waals surface area (Å²) in [6.45, 7) is 3.18. The minimum atomic E-state index is -0.138. The van der Waals surface area contributed by atoms with E-state index in [4.69, 9.17) is 0 Å². The van der Waals surface area contributed by atoms with Gasteiger partial charge in [-0.05, 0) is 31.0 Å². The van der Waals surface area contributed by atoms with Gasteiger partial charge in [0.15, 0.2) is 5.82 Å². The molecule has 0 spiro atoms. The smallest absolute Gasteiger partial charge is 0.251 e. The fraction of sp³-hybridized carbons (Fsp3) is 0.316. The fourth-order valence-electron chi connectivity index (χ4n) is 3.16. The van der Waals surface area contributed by atoms with Crippen molar-refractivity contribution in [1.29, 1.82) is 0 Å². The van der Waals surface area contributed by atoms with Crippen molar-refractivity contribution < 1.29 is 4.79 Å². The third-order valence-electron chi connectivity index (χ3n) is 4.56. The quantitative estimate of drug-likeness (QED) is 0.645. The molecule has 1 amide bonds. The van der Waals surface area contributed by atoms with E-state index in [1.807, 2.05) is 6.07 Å². The van der Waals surface area contributed by atoms with Gasteiger partial charge in [-0.15, -0.1) is 5.10 Å². The van der Waals surface area contributed by atoms with E-state index in [0.717, 1.165) is 30.1 Å². The summed E-state index contributed by atoms with van der Waals surface area (Å²) in [6.07, 6.45) is 7.48. The summed E-state index contributed by atoms with van der Waals surface area (Å²) in [6, 6.07) is 7.30. The molecule has 138 valence electrons. The molecule has 1 aliphatic heterocycles. The Morgan fingerprint density at radius 2 is 1.85 bits per heavy atom. The van der Waals surface area contributed by atoms with Crippen LogP contribution in [-0.4, -0.2) is 52.3 Å². The van der Waals surface area contributed by atoms with Gasteiger partial charge in [0, 0.05) is 50.2 Å². The van der Waals surface area contributed by atoms with Gasteiger partial charge in [-0.3, -0.25) is 14.8 Å². The van der Waals surface area contributed by atoms with Crippen LogP contribution in [0.25, 0.3) is 11.0 Å². The molecule has 8 nitrogen and oxygen atoms in total. The molecule has 0 aliphatic carbocycles. The number of amides is 1. The van der Waals surface area contributed by atoms with Crippen LogP contribution in [0.2, 0.25) is 0 Å². The van der Waals surface area contributed by atoms with E-state index in [2.05, 4.69) is 35.7 Å². The van der Waals surface area contributed by atoms with E-state index >= 15 is 0 Å². The minimum Gasteiger partial charge on any atom is -0.370 e. The van der Waals surface area contributed by atoms with E-state index in [-0.39, 0.29) is 5.91 Å². The molecule has 2 aromatic heterocycles. The van der Waals surface area contributed by atoms with Gasteiger partial charge < -0.3 is 15.5 Å². The number of fused-ring (bicyclic) bond motifs is 1. The second-order valence-corrected chi connectivity index (χ2v) is 6.44. The van der Waals surface area contributed by atoms with E-state index in [1.165, 1.54) is 12.8 Å². The van der Waals surface area contributed by atoms with Crippen LogP contribution in [0.3, 0.4) is 0 Å². The lowest BCUT2D eigenvalue weighted by Crippen LogP contribution is -2.29. The van der Waals surface area contributed by atoms with Gasteiger partial charge in [0.1, 0.15) is 0 Å². The molecule has 1 aromatic carbocycles. The summed E-state index contributed by atoms with van der Waals surface area (Å²) in [7, 11) is 0. The number of carbonyl (C=O) groups is 1. The molecule has 3 aromatic rings. The Morgan fingerprint density at radius 3 is 2.70 bits per heavy atom. The summed E-state index contributed by atoms with van der Waals surface area (Å²) in [5, 5.41) is 14.3. The molecule has 1 aliphatic rings. The highest BCUT2D eigenvalue weighted by Gasteiger charge is 2.13. The van der Waals surface area contributed by atoms with Gasteiger partial charge in [-0.2, -0.15) is 5.10 Å². The number of carbonyl (C=O) groups excluding carboxylic acids is 1. The minimum absolute atomic E-state index is 0.138. The molecule has 2 N–H and O–H groups in total. The molecule has 0 bridgehead atoms. The number of nitrogens with one attached hydrogen (secondary N) is 2. The first-order valence-electron chi connectivity index (χ1n) is 9.10. The predicted octanol–water partition coefficient (Wildman–Crippen LogP) is 1.86. The van der Waals surface area contributed by atoms with Crippen LogP contribution < -0.4 is 15.5 Å². The van der Waals surface area contributed by atoms with Gasteiger partial charge in [-0.25, -0.2) is 0 Å². The van der Waals surface area contributed by atoms with E-state index in [9.17, 15) is 4.79 Å². The highest BCUT2D eigenvalue weighted by Crippen LogP contribution is 2.20. The number of hydrogen-bond acceptors (Lipinski definition) is 7. The number of benzene rings is 1. The van der Waals surface area contributed by atoms with E-state index < -0.39 is 0 Å². The molecule has 8 heteroatoms. The first-order valence-corrected chi connectivity index (χ1v) is 9.10. The average molecular weight is 363 g/mol. The molecule has 0 saturated carbocycles. The first-order chi connectivity index (χ1) is 13.3. The van der Waals surface area contributed by atoms with Crippen LogP contribution in [-0.2, 0) is 0 Å². The summed E-state index contributed by atoms with van der Waals surface area (Å²) < 4.78 is 0. The van der Waals surface area contributed by atoms with Gasteiger partial charge in [0.05, 0.1) is 22.9 Å². The van der Waals surface area contributed by atoms with Crippen molar-refractivity contribution >= 4 is 28.4 Å². The standard InChI is InChI=1S/C19H21N7O/c27-19(14-3-4-16-17(11-14)21-6-5-20-16)23-8-7-22-18-12-15(13-24-25-18)26-9-1-2-10-26/h3-6,11-13H,1-2,7-10H2,(H,22,25)(H,23,27). The lowest BCUT2D eigenvalue weighted by molar-refractivity contribution is 0.0955. The molecule has 27 heavy (non-hydrogen) atoms. The van der Waals surface area contributed by atoms with Crippen molar-refractivity contribution in [3.63, 3.8) is 0 Å². The topological polar surface area (TPSA) is 95.9 Å². The maximum atomic E-state index is 12.3. The van der Waals surface area contributed by atoms with Gasteiger partial charge in [0.2, 0.25) is 0 Å². The number of nitrogens with zero attached hydrogens (tertiary/aromatic N) is 5. The summed E-state index contributed by atoms with van der Waals surface area (Å²) in [4.78, 5) is 23.0. The zero-order valence-corrected chi connectivity index (χ0v) is 14.9. The van der Waals surface area contributed by atoms with Crippen LogP contribution in [0, 0.1) is 0 Å². The number of anilines is 2. The van der Waals surface area contributed by atoms with Gasteiger partial charge in [-0.1, -0.05) is 0 Å². The largest absolute Gasteiger partial charge is 0.370 e. The average Bonchev–Trinajstić information content (AvgIpc) is 3.26. The van der Waals surface area contributed by atoms with Crippen molar-refractivity contribution in [2.45, 2.75) is 12.8 Å². The third kappa shape index (κ3) is 4.11. The second kappa shape index (κ2) is 7.94. The Morgan fingerprint density at radius 1 is 1.04 bits per heavy atom. The molecular formula is C19H21N7O. The van der Waals surface area contributed by atoms with Gasteiger partial charge >= 0.3 is 0 Å². The Balaban J connectivity index is 1.29. The van der Waals surface area contributed by atoms with Crippen LogP contribution in [0.5, 0.6) is 0 Å². The molecule has 0 unspecified atom stereocenters. The Bertz CT molecular complexity index is 940.